The van der Waals surface area contributed by atoms with Crippen molar-refractivity contribution in [2.24, 2.45) is 5.10 Å². The summed E-state index contributed by atoms with van der Waals surface area (Å²) < 4.78 is 80.6. The summed E-state index contributed by atoms with van der Waals surface area (Å²) in [5.41, 5.74) is -0.858. The Morgan fingerprint density at radius 2 is 1.70 bits per heavy atom. The van der Waals surface area contributed by atoms with Crippen LogP contribution in [-0.4, -0.2) is 15.5 Å². The summed E-state index contributed by atoms with van der Waals surface area (Å²) in [6.07, 6.45) is -7.89. The average molecular weight is 426 g/mol. The van der Waals surface area contributed by atoms with E-state index in [1.54, 1.807) is 0 Å². The van der Waals surface area contributed by atoms with Crippen molar-refractivity contribution in [2.75, 3.05) is 5.43 Å². The molecule has 0 atom stereocenters. The number of benzene rings is 1. The Balaban J connectivity index is 2.21. The van der Waals surface area contributed by atoms with E-state index in [1.807, 2.05) is 0 Å². The zero-order valence-corrected chi connectivity index (χ0v) is 15.1. The third kappa shape index (κ3) is 4.08. The molecule has 0 radical (unpaired) electrons. The summed E-state index contributed by atoms with van der Waals surface area (Å²) in [5.74, 6) is 0. The monoisotopic (exact) mass is 426 g/mol. The predicted molar refractivity (Wildman–Crippen MR) is 92.5 cm³/mol. The summed E-state index contributed by atoms with van der Waals surface area (Å²) in [7, 11) is 0. The number of fused-ring (bicyclic) bond motifs is 1. The van der Waals surface area contributed by atoms with E-state index in [9.17, 15) is 26.3 Å². The molecule has 0 aliphatic heterocycles. The number of aromatic nitrogens is 2. The molecule has 1 N–H and O–H groups in total. The number of nitrogens with one attached hydrogen (secondary N) is 1. The standard InChI is InChI=1S/C18H12F6N6/c19-17(20,21)10-5-6-15(13(7-10)28-27-11(8-25)9-26)30-14-4-2-1-3-12(14)16(29-30)18(22,23)24/h5-7,28H,1-4H2. The van der Waals surface area contributed by atoms with E-state index in [2.05, 4.69) is 15.6 Å². The first kappa shape index (κ1) is 21.2. The molecule has 2 aromatic rings. The lowest BCUT2D eigenvalue weighted by molar-refractivity contribution is -0.142. The van der Waals surface area contributed by atoms with Gasteiger partial charge in [-0.1, -0.05) is 0 Å². The maximum atomic E-state index is 13.4. The number of alkyl halides is 6. The van der Waals surface area contributed by atoms with Crippen LogP contribution < -0.4 is 5.43 Å². The summed E-state index contributed by atoms with van der Waals surface area (Å²) in [4.78, 5) is 0. The van der Waals surface area contributed by atoms with Crippen LogP contribution in [-0.2, 0) is 25.2 Å². The Labute approximate surface area is 166 Å². The fourth-order valence-corrected chi connectivity index (χ4v) is 3.20. The Hall–Kier alpha value is -3.54. The summed E-state index contributed by atoms with van der Waals surface area (Å²) in [5, 5.41) is 24.6. The second-order valence-corrected chi connectivity index (χ2v) is 6.42. The van der Waals surface area contributed by atoms with Gasteiger partial charge >= 0.3 is 12.4 Å². The van der Waals surface area contributed by atoms with E-state index < -0.39 is 29.3 Å². The van der Waals surface area contributed by atoms with Gasteiger partial charge in [0, 0.05) is 11.3 Å². The summed E-state index contributed by atoms with van der Waals surface area (Å²) in [6, 6.07) is 5.19. The smallest absolute Gasteiger partial charge is 0.274 e. The molecular weight excluding hydrogens is 414 g/mol. The maximum Gasteiger partial charge on any atom is 0.435 e. The van der Waals surface area contributed by atoms with E-state index in [-0.39, 0.29) is 35.5 Å². The molecule has 1 aromatic carbocycles. The van der Waals surface area contributed by atoms with Crippen LogP contribution >= 0.6 is 0 Å². The van der Waals surface area contributed by atoms with Crippen LogP contribution in [0.1, 0.15) is 35.4 Å². The number of anilines is 1. The number of hydrogen-bond donors (Lipinski definition) is 1. The molecule has 156 valence electrons. The molecule has 0 unspecified atom stereocenters. The Kier molecular flexibility index (Phi) is 5.44. The van der Waals surface area contributed by atoms with Gasteiger partial charge in [0.1, 0.15) is 12.1 Å². The minimum absolute atomic E-state index is 0.0119. The van der Waals surface area contributed by atoms with Crippen molar-refractivity contribution in [3.8, 4) is 17.8 Å². The van der Waals surface area contributed by atoms with Crippen molar-refractivity contribution in [2.45, 2.75) is 38.0 Å². The van der Waals surface area contributed by atoms with Gasteiger partial charge in [-0.05, 0) is 43.9 Å². The van der Waals surface area contributed by atoms with Crippen LogP contribution in [0.2, 0.25) is 0 Å². The molecule has 0 bridgehead atoms. The lowest BCUT2D eigenvalue weighted by Gasteiger charge is -2.17. The second-order valence-electron chi connectivity index (χ2n) is 6.42. The molecule has 0 saturated heterocycles. The SMILES string of the molecule is N#CC(C#N)=NNc1cc(C(F)(F)F)ccc1-n1nc(C(F)(F)F)c2c1CCCC2. The van der Waals surface area contributed by atoms with Crippen molar-refractivity contribution < 1.29 is 26.3 Å². The minimum atomic E-state index is -4.73. The molecule has 0 amide bonds. The second kappa shape index (κ2) is 7.71. The molecule has 30 heavy (non-hydrogen) atoms. The molecule has 12 heteroatoms. The van der Waals surface area contributed by atoms with Crippen molar-refractivity contribution in [3.63, 3.8) is 0 Å². The van der Waals surface area contributed by atoms with E-state index in [1.165, 1.54) is 12.1 Å². The molecule has 0 spiro atoms. The Morgan fingerprint density at radius 3 is 2.30 bits per heavy atom. The fourth-order valence-electron chi connectivity index (χ4n) is 3.20. The maximum absolute atomic E-state index is 13.4. The highest BCUT2D eigenvalue weighted by Gasteiger charge is 2.40. The van der Waals surface area contributed by atoms with E-state index in [4.69, 9.17) is 10.5 Å². The van der Waals surface area contributed by atoms with Crippen molar-refractivity contribution >= 4 is 11.4 Å². The van der Waals surface area contributed by atoms with Crippen molar-refractivity contribution in [3.05, 3.63) is 40.7 Å². The first-order chi connectivity index (χ1) is 14.1. The summed E-state index contributed by atoms with van der Waals surface area (Å²) >= 11 is 0. The lowest BCUT2D eigenvalue weighted by atomic mass is 9.95. The third-order valence-corrected chi connectivity index (χ3v) is 4.50. The fraction of sp³-hybridized carbons (Fsp3) is 0.333. The highest BCUT2D eigenvalue weighted by Crippen LogP contribution is 2.39. The van der Waals surface area contributed by atoms with Gasteiger partial charge in [-0.2, -0.15) is 47.1 Å². The van der Waals surface area contributed by atoms with Crippen molar-refractivity contribution in [1.82, 2.24) is 9.78 Å². The molecule has 1 heterocycles. The average Bonchev–Trinajstić information content (AvgIpc) is 3.08. The number of nitriles is 2. The molecule has 3 rings (SSSR count). The van der Waals surface area contributed by atoms with Gasteiger partial charge < -0.3 is 0 Å². The van der Waals surface area contributed by atoms with Gasteiger partial charge in [0.05, 0.1) is 16.9 Å². The molecule has 1 aliphatic rings. The van der Waals surface area contributed by atoms with E-state index in [0.717, 1.165) is 10.7 Å². The molecule has 1 aliphatic carbocycles. The van der Waals surface area contributed by atoms with Crippen LogP contribution in [0, 0.1) is 22.7 Å². The molecule has 0 saturated carbocycles. The molecular formula is C18H12F6N6. The molecule has 6 nitrogen and oxygen atoms in total. The number of halogens is 6. The van der Waals surface area contributed by atoms with Gasteiger partial charge in [-0.25, -0.2) is 4.68 Å². The Morgan fingerprint density at radius 1 is 1.03 bits per heavy atom. The Bertz CT molecular complexity index is 1060. The number of hydrazone groups is 1. The van der Waals surface area contributed by atoms with Crippen LogP contribution in [0.3, 0.4) is 0 Å². The highest BCUT2D eigenvalue weighted by molar-refractivity contribution is 6.10. The van der Waals surface area contributed by atoms with E-state index >= 15 is 0 Å². The number of rotatable bonds is 3. The first-order valence-corrected chi connectivity index (χ1v) is 8.59. The zero-order chi connectivity index (χ0) is 22.1. The van der Waals surface area contributed by atoms with Crippen molar-refractivity contribution in [1.29, 1.82) is 10.5 Å². The first-order valence-electron chi connectivity index (χ1n) is 8.59. The minimum Gasteiger partial charge on any atom is -0.274 e. The van der Waals surface area contributed by atoms with Gasteiger partial charge in [-0.15, -0.1) is 0 Å². The topological polar surface area (TPSA) is 89.8 Å². The van der Waals surface area contributed by atoms with Crippen LogP contribution in [0.25, 0.3) is 5.69 Å². The number of hydrogen-bond acceptors (Lipinski definition) is 5. The van der Waals surface area contributed by atoms with Gasteiger partial charge in [0.15, 0.2) is 5.69 Å². The van der Waals surface area contributed by atoms with Gasteiger partial charge in [0.2, 0.25) is 5.71 Å². The molecule has 1 aromatic heterocycles. The lowest BCUT2D eigenvalue weighted by Crippen LogP contribution is -2.12. The normalized spacial score (nSPS) is 13.7. The van der Waals surface area contributed by atoms with Crippen LogP contribution in [0.4, 0.5) is 32.0 Å². The summed E-state index contributed by atoms with van der Waals surface area (Å²) in [6.45, 7) is 0. The van der Waals surface area contributed by atoms with Gasteiger partial charge in [-0.3, -0.25) is 5.43 Å². The molecule has 0 fully saturated rings. The van der Waals surface area contributed by atoms with Crippen LogP contribution in [0.15, 0.2) is 23.3 Å². The van der Waals surface area contributed by atoms with E-state index in [0.29, 0.717) is 25.0 Å². The van der Waals surface area contributed by atoms with Gasteiger partial charge in [0.25, 0.3) is 0 Å². The quantitative estimate of drug-likeness (QED) is 0.441. The zero-order valence-electron chi connectivity index (χ0n) is 15.1. The third-order valence-electron chi connectivity index (χ3n) is 4.50. The highest BCUT2D eigenvalue weighted by atomic mass is 19.4. The largest absolute Gasteiger partial charge is 0.435 e. The number of nitrogens with zero attached hydrogens (tertiary/aromatic N) is 5. The predicted octanol–water partition coefficient (Wildman–Crippen LogP) is 4.60. The van der Waals surface area contributed by atoms with Crippen LogP contribution in [0.5, 0.6) is 0 Å².